The molecule has 1 heterocycles. The summed E-state index contributed by atoms with van der Waals surface area (Å²) >= 11 is 0. The Hall–Kier alpha value is -0.510. The highest BCUT2D eigenvalue weighted by Gasteiger charge is 2.50. The van der Waals surface area contributed by atoms with Crippen molar-refractivity contribution in [3.8, 4) is 0 Å². The van der Waals surface area contributed by atoms with Crippen molar-refractivity contribution in [1.82, 2.24) is 0 Å². The van der Waals surface area contributed by atoms with E-state index < -0.39 is 68.5 Å². The predicted octanol–water partition coefficient (Wildman–Crippen LogP) is -3.74. The van der Waals surface area contributed by atoms with Gasteiger partial charge in [0.15, 0.2) is 12.4 Å². The average Bonchev–Trinajstić information content (AvgIpc) is 2.32. The fourth-order valence-corrected chi connectivity index (χ4v) is 2.99. The zero-order valence-corrected chi connectivity index (χ0v) is 13.6. The Labute approximate surface area is 135 Å². The van der Waals surface area contributed by atoms with Gasteiger partial charge in [0.2, 0.25) is 0 Å². The van der Waals surface area contributed by atoms with E-state index in [2.05, 4.69) is 17.3 Å². The maximum atomic E-state index is 10.8. The third-order valence-electron chi connectivity index (χ3n) is 2.48. The van der Waals surface area contributed by atoms with Crippen LogP contribution < -0.4 is 0 Å². The zero-order valence-electron chi connectivity index (χ0n) is 11.1. The Morgan fingerprint density at radius 1 is 0.792 bits per heavy atom. The first kappa shape index (κ1) is 21.5. The lowest BCUT2D eigenvalue weighted by Crippen LogP contribution is -2.61. The molecular formula is C6H12O15S3. The van der Waals surface area contributed by atoms with Crippen molar-refractivity contribution in [3.05, 3.63) is 0 Å². The van der Waals surface area contributed by atoms with E-state index in [0.29, 0.717) is 0 Å². The second-order valence-corrected chi connectivity index (χ2v) is 7.43. The van der Waals surface area contributed by atoms with E-state index in [4.69, 9.17) is 13.7 Å². The molecule has 5 atom stereocenters. The van der Waals surface area contributed by atoms with Gasteiger partial charge in [-0.1, -0.05) is 0 Å². The van der Waals surface area contributed by atoms with Gasteiger partial charge < -0.3 is 14.9 Å². The first-order valence-corrected chi connectivity index (χ1v) is 9.63. The van der Waals surface area contributed by atoms with Gasteiger partial charge in [-0.25, -0.2) is 12.5 Å². The second-order valence-electron chi connectivity index (χ2n) is 4.25. The highest BCUT2D eigenvalue weighted by atomic mass is 32.3. The summed E-state index contributed by atoms with van der Waals surface area (Å²) in [7, 11) is -15.6. The summed E-state index contributed by atoms with van der Waals surface area (Å²) in [5.41, 5.74) is 0. The third kappa shape index (κ3) is 7.16. The molecule has 0 radical (unpaired) electrons. The van der Waals surface area contributed by atoms with Gasteiger partial charge in [0, 0.05) is 0 Å². The molecule has 15 nitrogen and oxygen atoms in total. The summed E-state index contributed by atoms with van der Waals surface area (Å²) in [6, 6.07) is 0. The quantitative estimate of drug-likeness (QED) is 0.248. The minimum absolute atomic E-state index is 1.17. The SMILES string of the molecule is O=S(=O)(O)OCC1OC(O)C(OS(=O)(=O)O)C(OS(=O)(=O)O)[C@@H]1O. The van der Waals surface area contributed by atoms with Crippen LogP contribution in [0.2, 0.25) is 0 Å². The molecule has 0 aliphatic carbocycles. The van der Waals surface area contributed by atoms with Gasteiger partial charge >= 0.3 is 31.2 Å². The molecule has 18 heteroatoms. The maximum absolute atomic E-state index is 10.8. The van der Waals surface area contributed by atoms with E-state index in [0.717, 1.165) is 0 Å². The fraction of sp³-hybridized carbons (Fsp3) is 1.00. The Kier molecular flexibility index (Phi) is 6.63. The van der Waals surface area contributed by atoms with Gasteiger partial charge in [0.05, 0.1) is 6.61 Å². The minimum atomic E-state index is -5.33. The van der Waals surface area contributed by atoms with Crippen LogP contribution in [0.3, 0.4) is 0 Å². The molecule has 24 heavy (non-hydrogen) atoms. The Balaban J connectivity index is 3.08. The number of hydrogen-bond acceptors (Lipinski definition) is 12. The predicted molar refractivity (Wildman–Crippen MR) is 67.2 cm³/mol. The van der Waals surface area contributed by atoms with Crippen molar-refractivity contribution >= 4 is 31.2 Å². The van der Waals surface area contributed by atoms with Crippen LogP contribution in [0.25, 0.3) is 0 Å². The van der Waals surface area contributed by atoms with Gasteiger partial charge in [-0.15, -0.1) is 0 Å². The maximum Gasteiger partial charge on any atom is 0.397 e. The highest BCUT2D eigenvalue weighted by molar-refractivity contribution is 7.81. The van der Waals surface area contributed by atoms with Crippen molar-refractivity contribution in [2.24, 2.45) is 0 Å². The lowest BCUT2D eigenvalue weighted by Gasteiger charge is -2.40. The van der Waals surface area contributed by atoms with E-state index in [1.807, 2.05) is 0 Å². The van der Waals surface area contributed by atoms with Crippen LogP contribution in [-0.2, 0) is 48.5 Å². The van der Waals surface area contributed by atoms with E-state index in [9.17, 15) is 35.5 Å². The lowest BCUT2D eigenvalue weighted by molar-refractivity contribution is -0.275. The molecule has 1 aliphatic rings. The summed E-state index contributed by atoms with van der Waals surface area (Å²) in [5, 5.41) is 19.4. The molecule has 4 unspecified atom stereocenters. The van der Waals surface area contributed by atoms with Crippen molar-refractivity contribution in [3.63, 3.8) is 0 Å². The largest absolute Gasteiger partial charge is 0.397 e. The minimum Gasteiger partial charge on any atom is -0.387 e. The van der Waals surface area contributed by atoms with Crippen LogP contribution >= 0.6 is 0 Å². The first-order chi connectivity index (χ1) is 10.6. The molecule has 1 aliphatic heterocycles. The smallest absolute Gasteiger partial charge is 0.387 e. The van der Waals surface area contributed by atoms with E-state index in [-0.39, 0.29) is 0 Å². The number of rotatable bonds is 7. The van der Waals surface area contributed by atoms with E-state index >= 15 is 0 Å². The number of ether oxygens (including phenoxy) is 1. The van der Waals surface area contributed by atoms with Crippen LogP contribution in [0.1, 0.15) is 0 Å². The first-order valence-electron chi connectivity index (χ1n) is 5.54. The van der Waals surface area contributed by atoms with Crippen LogP contribution in [0.15, 0.2) is 0 Å². The number of aliphatic hydroxyl groups excluding tert-OH is 2. The molecule has 0 amide bonds. The summed E-state index contributed by atoms with van der Waals surface area (Å²) < 4.78 is 106. The van der Waals surface area contributed by atoms with Gasteiger partial charge in [0.1, 0.15) is 18.3 Å². The van der Waals surface area contributed by atoms with E-state index in [1.54, 1.807) is 0 Å². The topological polar surface area (TPSA) is 240 Å². The lowest BCUT2D eigenvalue weighted by atomic mass is 9.99. The molecular weight excluding hydrogens is 408 g/mol. The molecule has 5 N–H and O–H groups in total. The summed E-state index contributed by atoms with van der Waals surface area (Å²) in [4.78, 5) is 0. The molecule has 0 aromatic carbocycles. The summed E-state index contributed by atoms with van der Waals surface area (Å²) in [6.45, 7) is -1.17. The van der Waals surface area contributed by atoms with Gasteiger partial charge in [-0.05, 0) is 0 Å². The van der Waals surface area contributed by atoms with Gasteiger partial charge in [0.25, 0.3) is 0 Å². The summed E-state index contributed by atoms with van der Waals surface area (Å²) in [5.74, 6) is 0. The van der Waals surface area contributed by atoms with Crippen LogP contribution in [-0.4, -0.2) is 86.4 Å². The van der Waals surface area contributed by atoms with Crippen molar-refractivity contribution in [2.45, 2.75) is 30.7 Å². The molecule has 0 aromatic heterocycles. The van der Waals surface area contributed by atoms with Crippen LogP contribution in [0.4, 0.5) is 0 Å². The molecule has 0 aromatic rings. The van der Waals surface area contributed by atoms with Crippen molar-refractivity contribution in [1.29, 1.82) is 0 Å². The van der Waals surface area contributed by atoms with Crippen molar-refractivity contribution < 1.29 is 66.4 Å². The molecule has 0 spiro atoms. The molecule has 144 valence electrons. The Morgan fingerprint density at radius 2 is 1.25 bits per heavy atom. The molecule has 1 fully saturated rings. The average molecular weight is 420 g/mol. The zero-order chi connectivity index (χ0) is 18.9. The van der Waals surface area contributed by atoms with Crippen LogP contribution in [0, 0.1) is 0 Å². The fourth-order valence-electron chi connectivity index (χ4n) is 1.69. The third-order valence-corrected chi connectivity index (χ3v) is 3.85. The van der Waals surface area contributed by atoms with Gasteiger partial charge in [-0.3, -0.25) is 13.7 Å². The molecule has 0 bridgehead atoms. The second kappa shape index (κ2) is 7.39. The molecule has 1 rings (SSSR count). The Bertz CT molecular complexity index is 736. The van der Waals surface area contributed by atoms with Gasteiger partial charge in [-0.2, -0.15) is 25.3 Å². The summed E-state index contributed by atoms with van der Waals surface area (Å²) in [6.07, 6.45) is -11.3. The monoisotopic (exact) mass is 420 g/mol. The number of hydrogen-bond donors (Lipinski definition) is 5. The van der Waals surface area contributed by atoms with Crippen LogP contribution in [0.5, 0.6) is 0 Å². The standard InChI is InChI=1S/C6H12O15S3/c7-3-2(1-18-22(9,10)11)19-6(8)5(21-24(15,16)17)4(3)20-23(12,13)14/h2-8H,1H2,(H,9,10,11)(H,12,13,14)(H,15,16,17)/t2?,3-,4?,5?,6?/m1/s1. The number of aliphatic hydroxyl groups is 2. The highest BCUT2D eigenvalue weighted by Crippen LogP contribution is 2.27. The van der Waals surface area contributed by atoms with E-state index in [1.165, 1.54) is 0 Å². The van der Waals surface area contributed by atoms with Crippen molar-refractivity contribution in [2.75, 3.05) is 6.61 Å². The Morgan fingerprint density at radius 3 is 1.67 bits per heavy atom. The molecule has 1 saturated heterocycles. The molecule has 0 saturated carbocycles. The normalized spacial score (nSPS) is 32.6.